The van der Waals surface area contributed by atoms with Crippen molar-refractivity contribution in [3.8, 4) is 17.2 Å². The highest BCUT2D eigenvalue weighted by Crippen LogP contribution is 2.37. The maximum Gasteiger partial charge on any atom is 0.271 e. The minimum atomic E-state index is -0.537. The van der Waals surface area contributed by atoms with E-state index in [0.29, 0.717) is 22.8 Å². The monoisotopic (exact) mass is 359 g/mol. The molecule has 1 amide bonds. The SMILES string of the molecule is COc1cc(/C=N\NC(=O)c2ccc([N+](=O)[O-])cc2)cc(OC)c1OC. The van der Waals surface area contributed by atoms with Gasteiger partial charge in [-0.15, -0.1) is 0 Å². The Morgan fingerprint density at radius 1 is 1.08 bits per heavy atom. The Bertz CT molecular complexity index is 808. The van der Waals surface area contributed by atoms with E-state index >= 15 is 0 Å². The summed E-state index contributed by atoms with van der Waals surface area (Å²) in [5, 5.41) is 14.5. The van der Waals surface area contributed by atoms with Crippen molar-refractivity contribution in [2.75, 3.05) is 21.3 Å². The Hall–Kier alpha value is -3.62. The molecule has 2 aromatic rings. The van der Waals surface area contributed by atoms with Crippen molar-refractivity contribution in [1.82, 2.24) is 5.43 Å². The molecule has 0 aliphatic carbocycles. The first-order chi connectivity index (χ1) is 12.5. The molecule has 0 aromatic heterocycles. The Morgan fingerprint density at radius 2 is 1.65 bits per heavy atom. The second kappa shape index (κ2) is 8.47. The molecular formula is C17H17N3O6. The minimum Gasteiger partial charge on any atom is -0.493 e. The molecule has 0 saturated heterocycles. The molecule has 0 aliphatic rings. The van der Waals surface area contributed by atoms with Crippen LogP contribution >= 0.6 is 0 Å². The van der Waals surface area contributed by atoms with Gasteiger partial charge in [0.1, 0.15) is 0 Å². The van der Waals surface area contributed by atoms with Gasteiger partial charge in [0, 0.05) is 23.3 Å². The zero-order valence-corrected chi connectivity index (χ0v) is 14.4. The number of amides is 1. The first-order valence-corrected chi connectivity index (χ1v) is 7.38. The number of nitrogens with one attached hydrogen (secondary N) is 1. The lowest BCUT2D eigenvalue weighted by molar-refractivity contribution is -0.384. The number of methoxy groups -OCH3 is 3. The van der Waals surface area contributed by atoms with Gasteiger partial charge in [0.05, 0.1) is 32.5 Å². The molecule has 136 valence electrons. The number of hydrogen-bond acceptors (Lipinski definition) is 7. The van der Waals surface area contributed by atoms with Crippen LogP contribution in [0.3, 0.4) is 0 Å². The van der Waals surface area contributed by atoms with Crippen LogP contribution in [0.4, 0.5) is 5.69 Å². The van der Waals surface area contributed by atoms with Gasteiger partial charge in [-0.25, -0.2) is 5.43 Å². The first-order valence-electron chi connectivity index (χ1n) is 7.38. The van der Waals surface area contributed by atoms with E-state index in [1.54, 1.807) is 12.1 Å². The van der Waals surface area contributed by atoms with Crippen LogP contribution in [0.15, 0.2) is 41.5 Å². The molecule has 0 saturated carbocycles. The second-order valence-electron chi connectivity index (χ2n) is 4.96. The zero-order chi connectivity index (χ0) is 19.1. The second-order valence-corrected chi connectivity index (χ2v) is 4.96. The van der Waals surface area contributed by atoms with Crippen molar-refractivity contribution in [1.29, 1.82) is 0 Å². The summed E-state index contributed by atoms with van der Waals surface area (Å²) in [6.07, 6.45) is 1.41. The lowest BCUT2D eigenvalue weighted by Gasteiger charge is -2.12. The molecule has 0 bridgehead atoms. The summed E-state index contributed by atoms with van der Waals surface area (Å²) in [7, 11) is 4.49. The van der Waals surface area contributed by atoms with Crippen molar-refractivity contribution in [3.05, 3.63) is 57.6 Å². The van der Waals surface area contributed by atoms with Crippen molar-refractivity contribution in [3.63, 3.8) is 0 Å². The van der Waals surface area contributed by atoms with Crippen LogP contribution in [0.5, 0.6) is 17.2 Å². The number of carbonyl (C=O) groups is 1. The van der Waals surface area contributed by atoms with E-state index in [9.17, 15) is 14.9 Å². The number of hydrazone groups is 1. The molecule has 9 nitrogen and oxygen atoms in total. The Morgan fingerprint density at radius 3 is 2.12 bits per heavy atom. The van der Waals surface area contributed by atoms with Gasteiger partial charge in [0.2, 0.25) is 5.75 Å². The zero-order valence-electron chi connectivity index (χ0n) is 14.4. The molecule has 9 heteroatoms. The molecule has 2 aromatic carbocycles. The predicted molar refractivity (Wildman–Crippen MR) is 94.3 cm³/mol. The Kier molecular flexibility index (Phi) is 6.10. The number of nitro benzene ring substituents is 1. The highest BCUT2D eigenvalue weighted by Gasteiger charge is 2.12. The fourth-order valence-corrected chi connectivity index (χ4v) is 2.14. The highest BCUT2D eigenvalue weighted by molar-refractivity contribution is 5.95. The summed E-state index contributed by atoms with van der Waals surface area (Å²) < 4.78 is 15.7. The number of rotatable bonds is 7. The van der Waals surface area contributed by atoms with E-state index in [1.807, 2.05) is 0 Å². The van der Waals surface area contributed by atoms with Crippen molar-refractivity contribution in [2.24, 2.45) is 5.10 Å². The summed E-state index contributed by atoms with van der Waals surface area (Å²) in [6.45, 7) is 0. The number of hydrogen-bond donors (Lipinski definition) is 1. The van der Waals surface area contributed by atoms with Gasteiger partial charge in [-0.1, -0.05) is 0 Å². The maximum atomic E-state index is 12.0. The molecule has 0 fully saturated rings. The smallest absolute Gasteiger partial charge is 0.271 e. The standard InChI is InChI=1S/C17H17N3O6/c1-24-14-8-11(9-15(25-2)16(14)26-3)10-18-19-17(21)12-4-6-13(7-5-12)20(22)23/h4-10H,1-3H3,(H,19,21)/b18-10-. The largest absolute Gasteiger partial charge is 0.493 e. The number of nitrogens with zero attached hydrogens (tertiary/aromatic N) is 2. The lowest BCUT2D eigenvalue weighted by Crippen LogP contribution is -2.17. The van der Waals surface area contributed by atoms with Crippen LogP contribution in [-0.4, -0.2) is 38.4 Å². The quantitative estimate of drug-likeness (QED) is 0.461. The van der Waals surface area contributed by atoms with Gasteiger partial charge in [0.25, 0.3) is 11.6 Å². The third-order valence-electron chi connectivity index (χ3n) is 3.41. The first kappa shape index (κ1) is 18.7. The van der Waals surface area contributed by atoms with Gasteiger partial charge in [0.15, 0.2) is 11.5 Å². The summed E-state index contributed by atoms with van der Waals surface area (Å²) in [4.78, 5) is 22.1. The van der Waals surface area contributed by atoms with Crippen LogP contribution in [0, 0.1) is 10.1 Å². The molecular weight excluding hydrogens is 342 g/mol. The maximum absolute atomic E-state index is 12.0. The van der Waals surface area contributed by atoms with E-state index in [-0.39, 0.29) is 11.3 Å². The number of nitro groups is 1. The van der Waals surface area contributed by atoms with E-state index in [4.69, 9.17) is 14.2 Å². The lowest BCUT2D eigenvalue weighted by atomic mass is 10.2. The van der Waals surface area contributed by atoms with Crippen molar-refractivity contribution >= 4 is 17.8 Å². The van der Waals surface area contributed by atoms with Crippen molar-refractivity contribution in [2.45, 2.75) is 0 Å². The fourth-order valence-electron chi connectivity index (χ4n) is 2.14. The molecule has 0 aliphatic heterocycles. The van der Waals surface area contributed by atoms with Crippen LogP contribution in [0.1, 0.15) is 15.9 Å². The van der Waals surface area contributed by atoms with E-state index in [1.165, 1.54) is 51.8 Å². The van der Waals surface area contributed by atoms with E-state index in [0.717, 1.165) is 0 Å². The van der Waals surface area contributed by atoms with Crippen LogP contribution < -0.4 is 19.6 Å². The Labute approximate surface area is 149 Å². The number of benzene rings is 2. The fraction of sp³-hybridized carbons (Fsp3) is 0.176. The van der Waals surface area contributed by atoms with Crippen LogP contribution in [-0.2, 0) is 0 Å². The highest BCUT2D eigenvalue weighted by atomic mass is 16.6. The summed E-state index contributed by atoms with van der Waals surface area (Å²) >= 11 is 0. The normalized spacial score (nSPS) is 10.4. The van der Waals surface area contributed by atoms with Crippen LogP contribution in [0.25, 0.3) is 0 Å². The van der Waals surface area contributed by atoms with E-state index in [2.05, 4.69) is 10.5 Å². The molecule has 0 heterocycles. The topological polar surface area (TPSA) is 112 Å². The summed E-state index contributed by atoms with van der Waals surface area (Å²) in [6, 6.07) is 8.53. The Balaban J connectivity index is 2.12. The van der Waals surface area contributed by atoms with Gasteiger partial charge in [-0.3, -0.25) is 14.9 Å². The summed E-state index contributed by atoms with van der Waals surface area (Å²) in [5.41, 5.74) is 3.11. The van der Waals surface area contributed by atoms with Gasteiger partial charge in [-0.2, -0.15) is 5.10 Å². The van der Waals surface area contributed by atoms with E-state index < -0.39 is 10.8 Å². The summed E-state index contributed by atoms with van der Waals surface area (Å²) in [5.74, 6) is 0.857. The van der Waals surface area contributed by atoms with Gasteiger partial charge < -0.3 is 14.2 Å². The van der Waals surface area contributed by atoms with Crippen LogP contribution in [0.2, 0.25) is 0 Å². The molecule has 2 rings (SSSR count). The molecule has 26 heavy (non-hydrogen) atoms. The average molecular weight is 359 g/mol. The van der Waals surface area contributed by atoms with Crippen molar-refractivity contribution < 1.29 is 23.9 Å². The number of non-ortho nitro benzene ring substituents is 1. The molecule has 0 spiro atoms. The number of carbonyl (C=O) groups excluding carboxylic acids is 1. The third-order valence-corrected chi connectivity index (χ3v) is 3.41. The molecule has 0 atom stereocenters. The molecule has 0 radical (unpaired) electrons. The third kappa shape index (κ3) is 4.26. The molecule has 1 N–H and O–H groups in total. The number of ether oxygens (including phenoxy) is 3. The molecule has 0 unspecified atom stereocenters. The average Bonchev–Trinajstić information content (AvgIpc) is 2.66. The minimum absolute atomic E-state index is 0.0949. The van der Waals surface area contributed by atoms with Gasteiger partial charge >= 0.3 is 0 Å². The predicted octanol–water partition coefficient (Wildman–Crippen LogP) is 2.38. The van der Waals surface area contributed by atoms with Gasteiger partial charge in [-0.05, 0) is 24.3 Å².